The highest BCUT2D eigenvalue weighted by molar-refractivity contribution is 5.73. The van der Waals surface area contributed by atoms with E-state index in [0.29, 0.717) is 13.1 Å². The quantitative estimate of drug-likeness (QED) is 0.867. The Labute approximate surface area is 105 Å². The number of nitrogens with zero attached hydrogens (tertiary/aromatic N) is 1. The zero-order valence-corrected chi connectivity index (χ0v) is 10.1. The Bertz CT molecular complexity index is 509. The summed E-state index contributed by atoms with van der Waals surface area (Å²) >= 11 is 0. The van der Waals surface area contributed by atoms with Crippen molar-refractivity contribution in [3.05, 3.63) is 42.4 Å². The first-order valence-corrected chi connectivity index (χ1v) is 5.79. The van der Waals surface area contributed by atoms with Crippen LogP contribution in [0, 0.1) is 0 Å². The molecule has 0 spiro atoms. The Morgan fingerprint density at radius 1 is 1.39 bits per heavy atom. The lowest BCUT2D eigenvalue weighted by Gasteiger charge is -2.06. The van der Waals surface area contributed by atoms with E-state index in [1.807, 2.05) is 25.1 Å². The second-order valence-electron chi connectivity index (χ2n) is 3.77. The van der Waals surface area contributed by atoms with Crippen LogP contribution in [0.3, 0.4) is 0 Å². The second kappa shape index (κ2) is 5.86. The lowest BCUT2D eigenvalue weighted by atomic mass is 10.1. The fraction of sp³-hybridized carbons (Fsp3) is 0.231. The summed E-state index contributed by atoms with van der Waals surface area (Å²) in [6.07, 6.45) is 5.07. The standard InChI is InChI=1S/C13H15N3O2/c1-2-15-13(17)16-8-10-6-11(9-14-7-10)12-4-3-5-18-12/h3-7,9H,2,8H2,1H3,(H2,15,16,17). The number of hydrogen-bond donors (Lipinski definition) is 2. The first-order valence-electron chi connectivity index (χ1n) is 5.79. The number of carbonyl (C=O) groups is 1. The van der Waals surface area contributed by atoms with E-state index in [-0.39, 0.29) is 6.03 Å². The highest BCUT2D eigenvalue weighted by Gasteiger charge is 2.03. The number of carbonyl (C=O) groups excluding carboxylic acids is 1. The number of hydrogen-bond acceptors (Lipinski definition) is 3. The van der Waals surface area contributed by atoms with Gasteiger partial charge in [0.2, 0.25) is 0 Å². The third kappa shape index (κ3) is 3.10. The molecule has 0 aromatic carbocycles. The van der Waals surface area contributed by atoms with Gasteiger partial charge in [0.1, 0.15) is 5.76 Å². The van der Waals surface area contributed by atoms with Crippen LogP contribution in [0.15, 0.2) is 41.3 Å². The monoisotopic (exact) mass is 245 g/mol. The molecular formula is C13H15N3O2. The Kier molecular flexibility index (Phi) is 3.96. The highest BCUT2D eigenvalue weighted by atomic mass is 16.3. The smallest absolute Gasteiger partial charge is 0.315 e. The maximum Gasteiger partial charge on any atom is 0.315 e. The van der Waals surface area contributed by atoms with Crippen molar-refractivity contribution in [2.24, 2.45) is 0 Å². The maximum absolute atomic E-state index is 11.3. The molecule has 0 aliphatic rings. The topological polar surface area (TPSA) is 67.2 Å². The summed E-state index contributed by atoms with van der Waals surface area (Å²) in [5.74, 6) is 0.766. The number of furan rings is 1. The van der Waals surface area contributed by atoms with E-state index in [1.165, 1.54) is 0 Å². The Morgan fingerprint density at radius 2 is 2.28 bits per heavy atom. The van der Waals surface area contributed by atoms with Crippen molar-refractivity contribution >= 4 is 6.03 Å². The molecule has 0 atom stereocenters. The molecule has 18 heavy (non-hydrogen) atoms. The van der Waals surface area contributed by atoms with Crippen LogP contribution in [-0.4, -0.2) is 17.6 Å². The number of urea groups is 1. The van der Waals surface area contributed by atoms with E-state index in [2.05, 4.69) is 15.6 Å². The van der Waals surface area contributed by atoms with Gasteiger partial charge >= 0.3 is 6.03 Å². The van der Waals surface area contributed by atoms with Crippen molar-refractivity contribution in [2.75, 3.05) is 6.54 Å². The van der Waals surface area contributed by atoms with Gasteiger partial charge in [-0.25, -0.2) is 4.79 Å². The van der Waals surface area contributed by atoms with Crippen molar-refractivity contribution in [1.29, 1.82) is 0 Å². The molecule has 0 saturated heterocycles. The Balaban J connectivity index is 2.02. The predicted molar refractivity (Wildman–Crippen MR) is 67.9 cm³/mol. The lowest BCUT2D eigenvalue weighted by molar-refractivity contribution is 0.241. The van der Waals surface area contributed by atoms with Gasteiger partial charge in [-0.3, -0.25) is 4.98 Å². The summed E-state index contributed by atoms with van der Waals surface area (Å²) < 4.78 is 5.30. The summed E-state index contributed by atoms with van der Waals surface area (Å²) in [4.78, 5) is 15.4. The minimum absolute atomic E-state index is 0.180. The molecule has 0 aliphatic carbocycles. The van der Waals surface area contributed by atoms with Crippen LogP contribution in [0.1, 0.15) is 12.5 Å². The summed E-state index contributed by atoms with van der Waals surface area (Å²) in [5.41, 5.74) is 1.82. The van der Waals surface area contributed by atoms with Crippen molar-refractivity contribution in [3.8, 4) is 11.3 Å². The van der Waals surface area contributed by atoms with Crippen LogP contribution in [0.5, 0.6) is 0 Å². The highest BCUT2D eigenvalue weighted by Crippen LogP contribution is 2.19. The minimum Gasteiger partial charge on any atom is -0.464 e. The van der Waals surface area contributed by atoms with Gasteiger partial charge in [0.15, 0.2) is 0 Å². The average molecular weight is 245 g/mol. The molecule has 0 radical (unpaired) electrons. The fourth-order valence-electron chi connectivity index (χ4n) is 1.57. The molecule has 5 heteroatoms. The lowest BCUT2D eigenvalue weighted by Crippen LogP contribution is -2.34. The molecule has 0 fully saturated rings. The molecule has 2 N–H and O–H groups in total. The molecule has 2 rings (SSSR count). The van der Waals surface area contributed by atoms with Gasteiger partial charge in [0, 0.05) is 31.0 Å². The largest absolute Gasteiger partial charge is 0.464 e. The summed E-state index contributed by atoms with van der Waals surface area (Å²) in [6.45, 7) is 2.92. The Morgan fingerprint density at radius 3 is 3.00 bits per heavy atom. The van der Waals surface area contributed by atoms with E-state index in [0.717, 1.165) is 16.9 Å². The molecule has 2 heterocycles. The first-order chi connectivity index (χ1) is 8.79. The van der Waals surface area contributed by atoms with Crippen molar-refractivity contribution in [1.82, 2.24) is 15.6 Å². The Hall–Kier alpha value is -2.30. The van der Waals surface area contributed by atoms with Gasteiger partial charge < -0.3 is 15.1 Å². The van der Waals surface area contributed by atoms with E-state index in [1.54, 1.807) is 18.7 Å². The van der Waals surface area contributed by atoms with E-state index < -0.39 is 0 Å². The molecular weight excluding hydrogens is 230 g/mol. The molecule has 0 bridgehead atoms. The van der Waals surface area contributed by atoms with Crippen LogP contribution >= 0.6 is 0 Å². The molecule has 0 saturated carbocycles. The van der Waals surface area contributed by atoms with Gasteiger partial charge in [0.25, 0.3) is 0 Å². The van der Waals surface area contributed by atoms with Gasteiger partial charge in [-0.2, -0.15) is 0 Å². The molecule has 94 valence electrons. The van der Waals surface area contributed by atoms with E-state index in [9.17, 15) is 4.79 Å². The van der Waals surface area contributed by atoms with Crippen LogP contribution in [0.25, 0.3) is 11.3 Å². The summed E-state index contributed by atoms with van der Waals surface area (Å²) in [5, 5.41) is 5.42. The number of amides is 2. The van der Waals surface area contributed by atoms with Crippen molar-refractivity contribution < 1.29 is 9.21 Å². The molecule has 0 unspecified atom stereocenters. The van der Waals surface area contributed by atoms with E-state index >= 15 is 0 Å². The third-order valence-corrected chi connectivity index (χ3v) is 2.39. The van der Waals surface area contributed by atoms with Crippen molar-refractivity contribution in [2.45, 2.75) is 13.5 Å². The van der Waals surface area contributed by atoms with Crippen LogP contribution in [0.2, 0.25) is 0 Å². The van der Waals surface area contributed by atoms with Crippen molar-refractivity contribution in [3.63, 3.8) is 0 Å². The average Bonchev–Trinajstić information content (AvgIpc) is 2.91. The zero-order valence-electron chi connectivity index (χ0n) is 10.1. The van der Waals surface area contributed by atoms with E-state index in [4.69, 9.17) is 4.42 Å². The molecule has 2 amide bonds. The number of rotatable bonds is 4. The van der Waals surface area contributed by atoms with Gasteiger partial charge in [-0.05, 0) is 30.7 Å². The molecule has 2 aromatic heterocycles. The SMILES string of the molecule is CCNC(=O)NCc1cncc(-c2ccco2)c1. The number of aromatic nitrogens is 1. The zero-order chi connectivity index (χ0) is 12.8. The first kappa shape index (κ1) is 12.2. The molecule has 0 aliphatic heterocycles. The third-order valence-electron chi connectivity index (χ3n) is 2.39. The normalized spacial score (nSPS) is 10.1. The van der Waals surface area contributed by atoms with Gasteiger partial charge in [-0.15, -0.1) is 0 Å². The number of nitrogens with one attached hydrogen (secondary N) is 2. The van der Waals surface area contributed by atoms with Gasteiger partial charge in [-0.1, -0.05) is 0 Å². The summed E-state index contributed by atoms with van der Waals surface area (Å²) in [7, 11) is 0. The number of pyridine rings is 1. The van der Waals surface area contributed by atoms with Gasteiger partial charge in [0.05, 0.1) is 6.26 Å². The minimum atomic E-state index is -0.180. The van der Waals surface area contributed by atoms with Crippen LogP contribution in [0.4, 0.5) is 4.79 Å². The maximum atomic E-state index is 11.3. The molecule has 5 nitrogen and oxygen atoms in total. The second-order valence-corrected chi connectivity index (χ2v) is 3.77. The van der Waals surface area contributed by atoms with Crippen LogP contribution < -0.4 is 10.6 Å². The summed E-state index contributed by atoms with van der Waals surface area (Å²) in [6, 6.07) is 5.46. The van der Waals surface area contributed by atoms with Crippen LogP contribution in [-0.2, 0) is 6.54 Å². The molecule has 2 aromatic rings. The fourth-order valence-corrected chi connectivity index (χ4v) is 1.57. The predicted octanol–water partition coefficient (Wildman–Crippen LogP) is 2.16.